The van der Waals surface area contributed by atoms with Crippen LogP contribution in [-0.2, 0) is 13.1 Å². The van der Waals surface area contributed by atoms with Gasteiger partial charge in [0.05, 0.1) is 13.2 Å². The third-order valence-electron chi connectivity index (χ3n) is 4.47. The van der Waals surface area contributed by atoms with Crippen LogP contribution in [0.25, 0.3) is 11.3 Å². The summed E-state index contributed by atoms with van der Waals surface area (Å²) >= 11 is 0. The van der Waals surface area contributed by atoms with Crippen LogP contribution in [0, 0.1) is 6.92 Å². The zero-order valence-electron chi connectivity index (χ0n) is 15.6. The molecule has 1 heterocycles. The second kappa shape index (κ2) is 7.81. The molecule has 0 bridgehead atoms. The molecular weight excluding hydrogens is 324 g/mol. The normalized spacial score (nSPS) is 11.7. The number of hydrogen-bond acceptors (Lipinski definition) is 4. The largest absolute Gasteiger partial charge is 0.394 e. The molecule has 26 heavy (non-hydrogen) atoms. The first-order valence-corrected chi connectivity index (χ1v) is 8.88. The maximum Gasteiger partial charge on any atom is 0.117 e. The van der Waals surface area contributed by atoms with Gasteiger partial charge < -0.3 is 10.4 Å². The van der Waals surface area contributed by atoms with Gasteiger partial charge in [0.15, 0.2) is 0 Å². The summed E-state index contributed by atoms with van der Waals surface area (Å²) in [6.07, 6.45) is 0. The van der Waals surface area contributed by atoms with Crippen LogP contribution in [0.5, 0.6) is 0 Å². The highest BCUT2D eigenvalue weighted by Crippen LogP contribution is 2.21. The van der Waals surface area contributed by atoms with E-state index < -0.39 is 0 Å². The molecule has 0 spiro atoms. The van der Waals surface area contributed by atoms with Crippen LogP contribution in [0.1, 0.15) is 30.7 Å². The van der Waals surface area contributed by atoms with Gasteiger partial charge in [-0.25, -0.2) is 0 Å². The van der Waals surface area contributed by atoms with Crippen molar-refractivity contribution >= 4 is 0 Å². The number of aryl methyl sites for hydroxylation is 1. The molecule has 0 aliphatic carbocycles. The molecule has 3 rings (SSSR count). The van der Waals surface area contributed by atoms with Crippen molar-refractivity contribution in [3.63, 3.8) is 0 Å². The topological polar surface area (TPSA) is 63.0 Å². The third-order valence-corrected chi connectivity index (χ3v) is 4.47. The molecule has 0 aliphatic rings. The summed E-state index contributed by atoms with van der Waals surface area (Å²) in [5.41, 5.74) is 4.87. The van der Waals surface area contributed by atoms with Crippen molar-refractivity contribution in [1.82, 2.24) is 20.3 Å². The second-order valence-corrected chi connectivity index (χ2v) is 7.21. The van der Waals surface area contributed by atoms with Crippen LogP contribution >= 0.6 is 0 Å². The van der Waals surface area contributed by atoms with Crippen molar-refractivity contribution in [2.75, 3.05) is 6.61 Å². The third kappa shape index (κ3) is 4.36. The lowest BCUT2D eigenvalue weighted by molar-refractivity contribution is 0.187. The van der Waals surface area contributed by atoms with E-state index in [1.54, 1.807) is 4.80 Å². The van der Waals surface area contributed by atoms with Crippen LogP contribution < -0.4 is 5.32 Å². The Morgan fingerprint density at radius 1 is 1.00 bits per heavy atom. The number of rotatable bonds is 7. The summed E-state index contributed by atoms with van der Waals surface area (Å²) in [5, 5.41) is 22.3. The Morgan fingerprint density at radius 3 is 2.38 bits per heavy atom. The van der Waals surface area contributed by atoms with E-state index in [9.17, 15) is 5.11 Å². The zero-order chi connectivity index (χ0) is 18.6. The van der Waals surface area contributed by atoms with E-state index in [1.165, 1.54) is 11.1 Å². The molecule has 0 saturated carbocycles. The molecule has 5 heteroatoms. The zero-order valence-corrected chi connectivity index (χ0v) is 15.6. The molecule has 2 N–H and O–H groups in total. The van der Waals surface area contributed by atoms with Crippen LogP contribution in [0.4, 0.5) is 0 Å². The maximum absolute atomic E-state index is 9.49. The molecule has 0 radical (unpaired) electrons. The van der Waals surface area contributed by atoms with Gasteiger partial charge in [0.25, 0.3) is 0 Å². The fourth-order valence-corrected chi connectivity index (χ4v) is 2.71. The summed E-state index contributed by atoms with van der Waals surface area (Å²) in [6, 6.07) is 18.4. The van der Waals surface area contributed by atoms with Crippen LogP contribution in [0.2, 0.25) is 0 Å². The molecule has 2 aromatic carbocycles. The van der Waals surface area contributed by atoms with E-state index in [-0.39, 0.29) is 12.1 Å². The van der Waals surface area contributed by atoms with E-state index in [1.807, 2.05) is 56.3 Å². The minimum atomic E-state index is -0.367. The minimum Gasteiger partial charge on any atom is -0.394 e. The predicted octanol–water partition coefficient (Wildman–Crippen LogP) is 3.16. The number of nitrogens with zero attached hydrogens (tertiary/aromatic N) is 3. The molecule has 5 nitrogen and oxygen atoms in total. The van der Waals surface area contributed by atoms with Gasteiger partial charge in [0.1, 0.15) is 11.4 Å². The maximum atomic E-state index is 9.49. The molecule has 3 aromatic rings. The average Bonchev–Trinajstić information content (AvgIpc) is 3.06. The Bertz CT molecular complexity index is 855. The van der Waals surface area contributed by atoms with Crippen LogP contribution in [0.15, 0.2) is 54.6 Å². The lowest BCUT2D eigenvalue weighted by atomic mass is 10.1. The van der Waals surface area contributed by atoms with E-state index in [4.69, 9.17) is 10.2 Å². The summed E-state index contributed by atoms with van der Waals surface area (Å²) in [4.78, 5) is 1.76. The van der Waals surface area contributed by atoms with Crippen LogP contribution in [0.3, 0.4) is 0 Å². The summed E-state index contributed by atoms with van der Waals surface area (Å²) in [5.74, 6) is 0. The Kier molecular flexibility index (Phi) is 5.49. The quantitative estimate of drug-likeness (QED) is 0.687. The molecule has 136 valence electrons. The second-order valence-electron chi connectivity index (χ2n) is 7.21. The average molecular weight is 350 g/mol. The van der Waals surface area contributed by atoms with Crippen molar-refractivity contribution in [2.24, 2.45) is 0 Å². The smallest absolute Gasteiger partial charge is 0.117 e. The Balaban J connectivity index is 1.91. The Labute approximate surface area is 154 Å². The number of aliphatic hydroxyl groups is 1. The number of benzene rings is 2. The van der Waals surface area contributed by atoms with Gasteiger partial charge in [-0.1, -0.05) is 54.6 Å². The van der Waals surface area contributed by atoms with Gasteiger partial charge >= 0.3 is 0 Å². The highest BCUT2D eigenvalue weighted by Gasteiger charge is 2.19. The van der Waals surface area contributed by atoms with Crippen molar-refractivity contribution in [3.05, 3.63) is 71.4 Å². The molecule has 0 amide bonds. The highest BCUT2D eigenvalue weighted by atomic mass is 16.3. The number of aliphatic hydroxyl groups excluding tert-OH is 1. The van der Waals surface area contributed by atoms with E-state index in [0.717, 1.165) is 17.0 Å². The van der Waals surface area contributed by atoms with Crippen LogP contribution in [-0.4, -0.2) is 32.2 Å². The lowest BCUT2D eigenvalue weighted by Gasteiger charge is -2.23. The lowest BCUT2D eigenvalue weighted by Crippen LogP contribution is -2.42. The fourth-order valence-electron chi connectivity index (χ4n) is 2.71. The van der Waals surface area contributed by atoms with Crippen molar-refractivity contribution in [1.29, 1.82) is 0 Å². The molecule has 0 saturated heterocycles. The van der Waals surface area contributed by atoms with E-state index >= 15 is 0 Å². The monoisotopic (exact) mass is 350 g/mol. The van der Waals surface area contributed by atoms with Crippen molar-refractivity contribution < 1.29 is 5.11 Å². The molecule has 1 aromatic heterocycles. The fraction of sp³-hybridized carbons (Fsp3) is 0.333. The highest BCUT2D eigenvalue weighted by molar-refractivity contribution is 5.60. The first-order chi connectivity index (χ1) is 12.5. The Hall–Kier alpha value is -2.50. The number of hydrogen-bond donors (Lipinski definition) is 2. The van der Waals surface area contributed by atoms with Gasteiger partial charge in [-0.05, 0) is 31.9 Å². The Morgan fingerprint density at radius 2 is 1.69 bits per heavy atom. The minimum absolute atomic E-state index is 0.0605. The first kappa shape index (κ1) is 18.3. The standard InChI is InChI=1S/C21H26N4O/c1-16-9-7-8-12-18(16)14-25-23-19(13-22-21(2,3)15-26)20(24-25)17-10-5-4-6-11-17/h4-12,22,26H,13-15H2,1-3H3. The number of aromatic nitrogens is 3. The first-order valence-electron chi connectivity index (χ1n) is 8.88. The van der Waals surface area contributed by atoms with Crippen molar-refractivity contribution in [3.8, 4) is 11.3 Å². The van der Waals surface area contributed by atoms with Gasteiger partial charge in [0, 0.05) is 17.6 Å². The number of nitrogens with one attached hydrogen (secondary N) is 1. The van der Waals surface area contributed by atoms with Gasteiger partial charge in [-0.15, -0.1) is 0 Å². The van der Waals surface area contributed by atoms with Gasteiger partial charge in [0.2, 0.25) is 0 Å². The molecule has 0 aliphatic heterocycles. The van der Waals surface area contributed by atoms with Gasteiger partial charge in [-0.3, -0.25) is 0 Å². The molecule has 0 unspecified atom stereocenters. The van der Waals surface area contributed by atoms with E-state index in [2.05, 4.69) is 24.4 Å². The summed E-state index contributed by atoms with van der Waals surface area (Å²) in [7, 11) is 0. The molecule has 0 fully saturated rings. The SMILES string of the molecule is Cc1ccccc1Cn1nc(CNC(C)(C)CO)c(-c2ccccc2)n1. The van der Waals surface area contributed by atoms with E-state index in [0.29, 0.717) is 13.1 Å². The molecule has 0 atom stereocenters. The van der Waals surface area contributed by atoms with Gasteiger partial charge in [-0.2, -0.15) is 15.0 Å². The predicted molar refractivity (Wildman–Crippen MR) is 104 cm³/mol. The summed E-state index contributed by atoms with van der Waals surface area (Å²) < 4.78 is 0. The molecular formula is C21H26N4O. The summed E-state index contributed by atoms with van der Waals surface area (Å²) in [6.45, 7) is 7.27. The van der Waals surface area contributed by atoms with Crippen molar-refractivity contribution in [2.45, 2.75) is 39.4 Å².